The van der Waals surface area contributed by atoms with Crippen molar-refractivity contribution in [3.63, 3.8) is 0 Å². The van der Waals surface area contributed by atoms with E-state index in [1.807, 2.05) is 0 Å². The van der Waals surface area contributed by atoms with Crippen LogP contribution in [0.2, 0.25) is 0 Å². The molecule has 0 aromatic rings. The lowest BCUT2D eigenvalue weighted by Crippen LogP contribution is -2.16. The van der Waals surface area contributed by atoms with Crippen LogP contribution in [0, 0.1) is 0 Å². The Bertz CT molecular complexity index is 161. The first-order valence-corrected chi connectivity index (χ1v) is 3.27. The van der Waals surface area contributed by atoms with Crippen LogP contribution >= 0.6 is 0 Å². The predicted octanol–water partition coefficient (Wildman–Crippen LogP) is 0.788. The Morgan fingerprint density at radius 2 is 2.56 bits per heavy atom. The van der Waals surface area contributed by atoms with Crippen molar-refractivity contribution in [1.29, 1.82) is 0 Å². The Kier molecular flexibility index (Phi) is 1.12. The maximum absolute atomic E-state index is 5.23. The van der Waals surface area contributed by atoms with Crippen LogP contribution in [-0.4, -0.2) is 25.5 Å². The van der Waals surface area contributed by atoms with Crippen LogP contribution in [0.1, 0.15) is 6.42 Å². The largest absolute Gasteiger partial charge is 0.376 e. The van der Waals surface area contributed by atoms with Crippen LogP contribution in [0.5, 0.6) is 0 Å². The van der Waals surface area contributed by atoms with Crippen molar-refractivity contribution in [3.05, 3.63) is 11.6 Å². The van der Waals surface area contributed by atoms with Crippen LogP contribution < -0.4 is 0 Å². The molecular weight excluding hydrogens is 114 g/mol. The fraction of sp³-hybridized carbons (Fsp3) is 0.571. The number of fused-ring (bicyclic) bond motifs is 1. The van der Waals surface area contributed by atoms with Crippen molar-refractivity contribution >= 4 is 5.71 Å². The average molecular weight is 123 g/mol. The van der Waals surface area contributed by atoms with Crippen molar-refractivity contribution < 1.29 is 4.74 Å². The second-order valence-corrected chi connectivity index (χ2v) is 2.32. The van der Waals surface area contributed by atoms with E-state index in [1.165, 1.54) is 11.3 Å². The zero-order chi connectivity index (χ0) is 6.10. The molecule has 48 valence electrons. The molecule has 2 nitrogen and oxygen atoms in total. The molecule has 0 aromatic heterocycles. The quantitative estimate of drug-likeness (QED) is 0.466. The molecule has 0 aromatic carbocycles. The van der Waals surface area contributed by atoms with E-state index >= 15 is 0 Å². The fourth-order valence-electron chi connectivity index (χ4n) is 1.22. The summed E-state index contributed by atoms with van der Waals surface area (Å²) in [5.41, 5.74) is 2.60. The van der Waals surface area contributed by atoms with Gasteiger partial charge in [0.05, 0.1) is 19.8 Å². The molecule has 2 aliphatic heterocycles. The van der Waals surface area contributed by atoms with Gasteiger partial charge in [0.2, 0.25) is 0 Å². The number of hydrogen-bond donors (Lipinski definition) is 0. The van der Waals surface area contributed by atoms with Gasteiger partial charge in [0.15, 0.2) is 0 Å². The molecule has 9 heavy (non-hydrogen) atoms. The minimum absolute atomic E-state index is 0.791. The van der Waals surface area contributed by atoms with Gasteiger partial charge in [-0.3, -0.25) is 4.99 Å². The third-order valence-corrected chi connectivity index (χ3v) is 1.73. The predicted molar refractivity (Wildman–Crippen MR) is 35.8 cm³/mol. The lowest BCUT2D eigenvalue weighted by Gasteiger charge is -2.13. The number of aliphatic imine (C=N–C) groups is 1. The van der Waals surface area contributed by atoms with Crippen molar-refractivity contribution in [2.45, 2.75) is 6.42 Å². The second kappa shape index (κ2) is 1.95. The highest BCUT2D eigenvalue weighted by Gasteiger charge is 2.15. The molecule has 0 radical (unpaired) electrons. The van der Waals surface area contributed by atoms with E-state index in [9.17, 15) is 0 Å². The smallest absolute Gasteiger partial charge is 0.0732 e. The van der Waals surface area contributed by atoms with E-state index in [0.717, 1.165) is 26.2 Å². The summed E-state index contributed by atoms with van der Waals surface area (Å²) in [5.74, 6) is 0. The van der Waals surface area contributed by atoms with E-state index < -0.39 is 0 Å². The van der Waals surface area contributed by atoms with E-state index in [4.69, 9.17) is 4.74 Å². The van der Waals surface area contributed by atoms with Crippen LogP contribution in [0.25, 0.3) is 0 Å². The van der Waals surface area contributed by atoms with Gasteiger partial charge in [0, 0.05) is 12.1 Å². The molecular formula is C7H9NO. The first-order chi connectivity index (χ1) is 4.47. The first-order valence-electron chi connectivity index (χ1n) is 3.27. The summed E-state index contributed by atoms with van der Waals surface area (Å²) >= 11 is 0. The maximum Gasteiger partial charge on any atom is 0.0732 e. The van der Waals surface area contributed by atoms with Gasteiger partial charge in [0.25, 0.3) is 0 Å². The Morgan fingerprint density at radius 3 is 3.44 bits per heavy atom. The Labute approximate surface area is 54.2 Å². The van der Waals surface area contributed by atoms with Gasteiger partial charge in [-0.2, -0.15) is 0 Å². The maximum atomic E-state index is 5.23. The standard InChI is InChI=1S/C7H9NO/c1-3-8-7-2-4-9-5-6(1)7/h1H,2-5H2. The summed E-state index contributed by atoms with van der Waals surface area (Å²) in [4.78, 5) is 4.30. The molecule has 0 amide bonds. The highest BCUT2D eigenvalue weighted by atomic mass is 16.5. The Morgan fingerprint density at radius 1 is 1.56 bits per heavy atom. The summed E-state index contributed by atoms with van der Waals surface area (Å²) in [6.07, 6.45) is 3.17. The lowest BCUT2D eigenvalue weighted by molar-refractivity contribution is 0.158. The van der Waals surface area contributed by atoms with Crippen LogP contribution in [0.3, 0.4) is 0 Å². The van der Waals surface area contributed by atoms with Gasteiger partial charge in [0.1, 0.15) is 0 Å². The molecule has 0 spiro atoms. The molecule has 2 aliphatic rings. The van der Waals surface area contributed by atoms with E-state index in [2.05, 4.69) is 11.1 Å². The van der Waals surface area contributed by atoms with E-state index in [-0.39, 0.29) is 0 Å². The minimum atomic E-state index is 0.791. The van der Waals surface area contributed by atoms with Gasteiger partial charge in [-0.25, -0.2) is 0 Å². The first kappa shape index (κ1) is 5.18. The third kappa shape index (κ3) is 0.793. The monoisotopic (exact) mass is 123 g/mol. The summed E-state index contributed by atoms with van der Waals surface area (Å²) in [6.45, 7) is 2.53. The normalized spacial score (nSPS) is 24.9. The molecule has 1 fully saturated rings. The van der Waals surface area contributed by atoms with Crippen molar-refractivity contribution in [2.75, 3.05) is 19.8 Å². The van der Waals surface area contributed by atoms with Crippen molar-refractivity contribution in [2.24, 2.45) is 4.99 Å². The van der Waals surface area contributed by atoms with E-state index in [1.54, 1.807) is 0 Å². The van der Waals surface area contributed by atoms with Gasteiger partial charge < -0.3 is 4.74 Å². The molecule has 0 atom stereocenters. The molecule has 2 rings (SSSR count). The Hall–Kier alpha value is -0.630. The molecule has 0 saturated carbocycles. The summed E-state index contributed by atoms with van der Waals surface area (Å²) in [6, 6.07) is 0. The molecule has 0 aliphatic carbocycles. The molecule has 1 saturated heterocycles. The van der Waals surface area contributed by atoms with Gasteiger partial charge in [-0.05, 0) is 5.57 Å². The highest BCUT2D eigenvalue weighted by molar-refractivity contribution is 6.02. The molecule has 0 bridgehead atoms. The van der Waals surface area contributed by atoms with Crippen molar-refractivity contribution in [1.82, 2.24) is 0 Å². The topological polar surface area (TPSA) is 21.6 Å². The van der Waals surface area contributed by atoms with Crippen LogP contribution in [0.4, 0.5) is 0 Å². The highest BCUT2D eigenvalue weighted by Crippen LogP contribution is 2.14. The summed E-state index contributed by atoms with van der Waals surface area (Å²) in [7, 11) is 0. The average Bonchev–Trinajstić information content (AvgIpc) is 2.33. The SMILES string of the molecule is C1=C2COCCC2=NC1. The van der Waals surface area contributed by atoms with Crippen LogP contribution in [0.15, 0.2) is 16.6 Å². The lowest BCUT2D eigenvalue weighted by atomic mass is 10.1. The third-order valence-electron chi connectivity index (χ3n) is 1.73. The molecule has 2 heterocycles. The zero-order valence-electron chi connectivity index (χ0n) is 5.26. The molecule has 0 unspecified atom stereocenters. The summed E-state index contributed by atoms with van der Waals surface area (Å²) in [5, 5.41) is 0. The van der Waals surface area contributed by atoms with Crippen LogP contribution in [-0.2, 0) is 4.74 Å². The van der Waals surface area contributed by atoms with Gasteiger partial charge in [-0.1, -0.05) is 6.08 Å². The Balaban J connectivity index is 2.22. The zero-order valence-corrected chi connectivity index (χ0v) is 5.26. The fourth-order valence-corrected chi connectivity index (χ4v) is 1.22. The number of hydrogen-bond acceptors (Lipinski definition) is 2. The minimum Gasteiger partial charge on any atom is -0.376 e. The molecule has 0 N–H and O–H groups in total. The van der Waals surface area contributed by atoms with E-state index in [0.29, 0.717) is 0 Å². The second-order valence-electron chi connectivity index (χ2n) is 2.32. The number of nitrogens with zero attached hydrogens (tertiary/aromatic N) is 1. The summed E-state index contributed by atoms with van der Waals surface area (Å²) < 4.78 is 5.23. The molecule has 2 heteroatoms. The number of rotatable bonds is 0. The number of ether oxygens (including phenoxy) is 1. The van der Waals surface area contributed by atoms with Gasteiger partial charge >= 0.3 is 0 Å². The van der Waals surface area contributed by atoms with Gasteiger partial charge in [-0.15, -0.1) is 0 Å². The van der Waals surface area contributed by atoms with Crippen molar-refractivity contribution in [3.8, 4) is 0 Å².